The van der Waals surface area contributed by atoms with E-state index >= 15 is 0 Å². The molecule has 1 unspecified atom stereocenters. The van der Waals surface area contributed by atoms with E-state index in [9.17, 15) is 9.59 Å². The van der Waals surface area contributed by atoms with E-state index in [1.165, 1.54) is 0 Å². The highest BCUT2D eigenvalue weighted by Crippen LogP contribution is 2.28. The van der Waals surface area contributed by atoms with Gasteiger partial charge in [0.05, 0.1) is 6.54 Å². The molecule has 1 aromatic heterocycles. The van der Waals surface area contributed by atoms with Gasteiger partial charge in [-0.25, -0.2) is 0 Å². The molecule has 158 valence electrons. The molecule has 0 bridgehead atoms. The van der Waals surface area contributed by atoms with Crippen LogP contribution in [0.1, 0.15) is 12.5 Å². The van der Waals surface area contributed by atoms with Crippen molar-refractivity contribution in [2.24, 2.45) is 0 Å². The number of rotatable bonds is 10. The van der Waals surface area contributed by atoms with Crippen LogP contribution in [0.3, 0.4) is 0 Å². The van der Waals surface area contributed by atoms with Crippen molar-refractivity contribution >= 4 is 40.4 Å². The lowest BCUT2D eigenvalue weighted by molar-refractivity contribution is -0.122. The molecular formula is C22H25N3O4S. The summed E-state index contributed by atoms with van der Waals surface area (Å²) in [7, 11) is 3.47. The van der Waals surface area contributed by atoms with Crippen molar-refractivity contribution in [1.29, 1.82) is 0 Å². The zero-order valence-corrected chi connectivity index (χ0v) is 18.1. The molecule has 1 atom stereocenters. The summed E-state index contributed by atoms with van der Waals surface area (Å²) >= 11 is 0.983. The van der Waals surface area contributed by atoms with Crippen LogP contribution in [0.5, 0.6) is 5.75 Å². The SMILES string of the molecule is CNC(=O)C(C)(Cc1ccc(OCCN(C)c2nc3ccccc3o2)cc1)SC=O. The average Bonchev–Trinajstić information content (AvgIpc) is 3.19. The van der Waals surface area contributed by atoms with Gasteiger partial charge >= 0.3 is 0 Å². The Morgan fingerprint density at radius 2 is 2.00 bits per heavy atom. The first-order chi connectivity index (χ1) is 14.4. The van der Waals surface area contributed by atoms with Gasteiger partial charge in [0.2, 0.25) is 5.91 Å². The van der Waals surface area contributed by atoms with E-state index in [1.54, 1.807) is 14.0 Å². The Hall–Kier alpha value is -3.00. The van der Waals surface area contributed by atoms with Crippen LogP contribution in [-0.4, -0.2) is 48.5 Å². The Kier molecular flexibility index (Phi) is 6.99. The predicted octanol–water partition coefficient (Wildman–Crippen LogP) is 3.31. The van der Waals surface area contributed by atoms with Crippen molar-refractivity contribution in [1.82, 2.24) is 10.3 Å². The van der Waals surface area contributed by atoms with Gasteiger partial charge in [0.15, 0.2) is 11.2 Å². The van der Waals surface area contributed by atoms with Gasteiger partial charge in [0, 0.05) is 14.1 Å². The van der Waals surface area contributed by atoms with Gasteiger partial charge in [-0.1, -0.05) is 36.0 Å². The van der Waals surface area contributed by atoms with Gasteiger partial charge in [-0.05, 0) is 43.2 Å². The van der Waals surface area contributed by atoms with Crippen molar-refractivity contribution in [3.05, 3.63) is 54.1 Å². The molecule has 0 saturated heterocycles. The third-order valence-electron chi connectivity index (χ3n) is 4.78. The number of ether oxygens (including phenoxy) is 1. The van der Waals surface area contributed by atoms with E-state index in [2.05, 4.69) is 10.3 Å². The number of oxazole rings is 1. The van der Waals surface area contributed by atoms with Crippen LogP contribution in [-0.2, 0) is 16.0 Å². The molecule has 0 spiro atoms. The molecule has 8 heteroatoms. The first kappa shape index (κ1) is 21.7. The lowest BCUT2D eigenvalue weighted by Crippen LogP contribution is -2.42. The molecule has 0 aliphatic carbocycles. The Morgan fingerprint density at radius 1 is 1.27 bits per heavy atom. The lowest BCUT2D eigenvalue weighted by Gasteiger charge is -2.24. The molecule has 1 heterocycles. The number of thioether (sulfide) groups is 1. The summed E-state index contributed by atoms with van der Waals surface area (Å²) < 4.78 is 10.7. The maximum atomic E-state index is 12.1. The molecule has 2 aromatic carbocycles. The standard InChI is InChI=1S/C22H25N3O4S/c1-22(30-15-26,20(27)23-2)14-16-8-10-17(11-9-16)28-13-12-25(3)21-24-18-6-4-5-7-19(18)29-21/h4-11,15H,12-14H2,1-3H3,(H,23,27). The number of nitrogens with one attached hydrogen (secondary N) is 1. The molecule has 3 rings (SSSR count). The largest absolute Gasteiger partial charge is 0.492 e. The number of nitrogens with zero attached hydrogens (tertiary/aromatic N) is 2. The fourth-order valence-electron chi connectivity index (χ4n) is 3.06. The molecule has 0 saturated carbocycles. The smallest absolute Gasteiger partial charge is 0.298 e. The van der Waals surface area contributed by atoms with E-state index < -0.39 is 4.75 Å². The van der Waals surface area contributed by atoms with Gasteiger partial charge in [-0.3, -0.25) is 9.59 Å². The molecule has 0 aliphatic rings. The number of fused-ring (bicyclic) bond motifs is 1. The normalized spacial score (nSPS) is 12.9. The predicted molar refractivity (Wildman–Crippen MR) is 120 cm³/mol. The molecule has 0 aliphatic heterocycles. The third-order valence-corrected chi connectivity index (χ3v) is 5.73. The highest BCUT2D eigenvalue weighted by atomic mass is 32.2. The summed E-state index contributed by atoms with van der Waals surface area (Å²) in [5, 5.41) is 2.62. The number of hydrogen-bond donors (Lipinski definition) is 1. The summed E-state index contributed by atoms with van der Waals surface area (Å²) in [5.74, 6) is 0.552. The number of likely N-dealkylation sites (N-methyl/N-ethyl adjacent to an activating group) is 1. The number of anilines is 1. The molecule has 0 radical (unpaired) electrons. The van der Waals surface area contributed by atoms with Crippen molar-refractivity contribution < 1.29 is 18.7 Å². The van der Waals surface area contributed by atoms with Crippen LogP contribution in [0.25, 0.3) is 11.1 Å². The Labute approximate surface area is 179 Å². The minimum atomic E-state index is -0.846. The fraction of sp³-hybridized carbons (Fsp3) is 0.318. The van der Waals surface area contributed by atoms with Gasteiger partial charge < -0.3 is 19.4 Å². The van der Waals surface area contributed by atoms with Crippen LogP contribution in [0.4, 0.5) is 6.01 Å². The summed E-state index contributed by atoms with van der Waals surface area (Å²) in [6.45, 7) is 2.84. The highest BCUT2D eigenvalue weighted by molar-refractivity contribution is 8.13. The molecule has 3 aromatic rings. The maximum Gasteiger partial charge on any atom is 0.298 e. The number of para-hydroxylation sites is 2. The quantitative estimate of drug-likeness (QED) is 0.497. The topological polar surface area (TPSA) is 84.7 Å². The fourth-order valence-corrected chi connectivity index (χ4v) is 3.73. The number of carbonyl (C=O) groups is 2. The van der Waals surface area contributed by atoms with E-state index in [0.29, 0.717) is 31.2 Å². The second kappa shape index (κ2) is 9.67. The zero-order valence-electron chi connectivity index (χ0n) is 17.3. The van der Waals surface area contributed by atoms with Crippen LogP contribution < -0.4 is 15.0 Å². The molecular weight excluding hydrogens is 402 g/mol. The summed E-state index contributed by atoms with van der Waals surface area (Å²) in [6.07, 6.45) is 0.441. The van der Waals surface area contributed by atoms with E-state index in [0.717, 1.165) is 34.2 Å². The van der Waals surface area contributed by atoms with Crippen LogP contribution in [0.2, 0.25) is 0 Å². The van der Waals surface area contributed by atoms with E-state index in [-0.39, 0.29) is 5.91 Å². The van der Waals surface area contributed by atoms with Crippen molar-refractivity contribution in [2.75, 3.05) is 32.1 Å². The Balaban J connectivity index is 1.54. The highest BCUT2D eigenvalue weighted by Gasteiger charge is 2.33. The third kappa shape index (κ3) is 5.13. The number of amides is 1. The maximum absolute atomic E-state index is 12.1. The molecule has 1 N–H and O–H groups in total. The van der Waals surface area contributed by atoms with E-state index in [4.69, 9.17) is 9.15 Å². The Morgan fingerprint density at radius 3 is 2.67 bits per heavy atom. The monoisotopic (exact) mass is 427 g/mol. The summed E-state index contributed by atoms with van der Waals surface area (Å²) in [5.41, 5.74) is 3.24. The number of hydrogen-bond acceptors (Lipinski definition) is 7. The minimum absolute atomic E-state index is 0.179. The van der Waals surface area contributed by atoms with Crippen molar-refractivity contribution in [2.45, 2.75) is 18.1 Å². The zero-order chi connectivity index (χ0) is 21.6. The molecule has 0 fully saturated rings. The molecule has 7 nitrogen and oxygen atoms in total. The van der Waals surface area contributed by atoms with Crippen LogP contribution in [0.15, 0.2) is 52.9 Å². The molecule has 30 heavy (non-hydrogen) atoms. The number of aromatic nitrogens is 1. The first-order valence-corrected chi connectivity index (χ1v) is 10.5. The number of carbonyl (C=O) groups excluding carboxylic acids is 2. The van der Waals surface area contributed by atoms with Gasteiger partial charge in [0.1, 0.15) is 22.6 Å². The summed E-state index contributed by atoms with van der Waals surface area (Å²) in [6, 6.07) is 15.7. The van der Waals surface area contributed by atoms with Gasteiger partial charge in [0.25, 0.3) is 6.01 Å². The first-order valence-electron chi connectivity index (χ1n) is 9.57. The second-order valence-electron chi connectivity index (χ2n) is 7.08. The number of benzene rings is 2. The van der Waals surface area contributed by atoms with E-state index in [1.807, 2.05) is 60.5 Å². The van der Waals surface area contributed by atoms with Crippen molar-refractivity contribution in [3.63, 3.8) is 0 Å². The minimum Gasteiger partial charge on any atom is -0.492 e. The average molecular weight is 428 g/mol. The lowest BCUT2D eigenvalue weighted by atomic mass is 9.99. The Bertz CT molecular complexity index is 972. The van der Waals surface area contributed by atoms with Gasteiger partial charge in [-0.2, -0.15) is 4.98 Å². The summed E-state index contributed by atoms with van der Waals surface area (Å²) in [4.78, 5) is 29.5. The second-order valence-corrected chi connectivity index (χ2v) is 8.41. The van der Waals surface area contributed by atoms with Crippen LogP contribution in [0, 0.1) is 0 Å². The van der Waals surface area contributed by atoms with Crippen LogP contribution >= 0.6 is 11.8 Å². The molecule has 1 amide bonds. The van der Waals surface area contributed by atoms with Crippen molar-refractivity contribution in [3.8, 4) is 5.75 Å². The van der Waals surface area contributed by atoms with Gasteiger partial charge in [-0.15, -0.1) is 0 Å².